The van der Waals surface area contributed by atoms with Crippen molar-refractivity contribution >= 4 is 5.91 Å². The Bertz CT molecular complexity index is 744. The van der Waals surface area contributed by atoms with Crippen molar-refractivity contribution in [3.8, 4) is 11.1 Å². The molecule has 1 aliphatic rings. The van der Waals surface area contributed by atoms with Crippen molar-refractivity contribution in [1.29, 1.82) is 0 Å². The van der Waals surface area contributed by atoms with Gasteiger partial charge < -0.3 is 5.32 Å². The average molecular weight is 344 g/mol. The summed E-state index contributed by atoms with van der Waals surface area (Å²) in [5, 5.41) is 2.78. The number of alkyl halides is 2. The molecule has 1 saturated carbocycles. The van der Waals surface area contributed by atoms with Crippen molar-refractivity contribution in [2.75, 3.05) is 6.54 Å². The van der Waals surface area contributed by atoms with Crippen LogP contribution in [-0.2, 0) is 0 Å². The molecular formula is C20H22F2N2O. The van der Waals surface area contributed by atoms with E-state index >= 15 is 0 Å². The standard InChI is InChI=1S/C20H22F2N2O/c1-14-4-6-16(7-5-14)17-9-18(13-23-12-17)19(25)24-11-15-3-2-8-20(21,22)10-15/h4-7,9,12-13,15H,2-3,8,10-11H2,1H3,(H,24,25). The molecule has 1 atom stereocenters. The molecule has 1 aromatic carbocycles. The van der Waals surface area contributed by atoms with Crippen LogP contribution < -0.4 is 5.32 Å². The van der Waals surface area contributed by atoms with Gasteiger partial charge >= 0.3 is 0 Å². The predicted octanol–water partition coefficient (Wildman–Crippen LogP) is 4.61. The highest BCUT2D eigenvalue weighted by Crippen LogP contribution is 2.36. The molecule has 1 aliphatic carbocycles. The van der Waals surface area contributed by atoms with E-state index in [-0.39, 0.29) is 31.2 Å². The molecule has 3 nitrogen and oxygen atoms in total. The number of halogens is 2. The molecule has 3 rings (SSSR count). The zero-order valence-electron chi connectivity index (χ0n) is 14.3. The molecule has 5 heteroatoms. The van der Waals surface area contributed by atoms with E-state index in [1.807, 2.05) is 31.2 Å². The van der Waals surface area contributed by atoms with Crippen molar-refractivity contribution in [3.05, 3.63) is 53.9 Å². The lowest BCUT2D eigenvalue weighted by Crippen LogP contribution is -2.35. The summed E-state index contributed by atoms with van der Waals surface area (Å²) < 4.78 is 26.9. The number of amides is 1. The molecule has 132 valence electrons. The summed E-state index contributed by atoms with van der Waals surface area (Å²) in [6.07, 6.45) is 4.27. The van der Waals surface area contributed by atoms with Crippen LogP contribution in [0.1, 0.15) is 41.6 Å². The number of hydrogen-bond donors (Lipinski definition) is 1. The maximum atomic E-state index is 13.4. The van der Waals surface area contributed by atoms with Gasteiger partial charge in [0.2, 0.25) is 5.92 Å². The molecule has 1 amide bonds. The lowest BCUT2D eigenvalue weighted by Gasteiger charge is -2.28. The van der Waals surface area contributed by atoms with Crippen LogP contribution in [0.15, 0.2) is 42.7 Å². The maximum absolute atomic E-state index is 13.4. The molecule has 0 saturated heterocycles. The molecule has 0 radical (unpaired) electrons. The van der Waals surface area contributed by atoms with Crippen molar-refractivity contribution < 1.29 is 13.6 Å². The Hall–Kier alpha value is -2.30. The lowest BCUT2D eigenvalue weighted by atomic mass is 9.86. The molecular weight excluding hydrogens is 322 g/mol. The number of carbonyl (C=O) groups is 1. The Morgan fingerprint density at radius 2 is 2.00 bits per heavy atom. The van der Waals surface area contributed by atoms with Crippen molar-refractivity contribution in [2.45, 2.75) is 38.5 Å². The highest BCUT2D eigenvalue weighted by Gasteiger charge is 2.36. The monoisotopic (exact) mass is 344 g/mol. The van der Waals surface area contributed by atoms with Gasteiger partial charge in [0, 0.05) is 37.3 Å². The number of benzene rings is 1. The fourth-order valence-corrected chi connectivity index (χ4v) is 3.26. The summed E-state index contributed by atoms with van der Waals surface area (Å²) in [5.74, 6) is -3.03. The largest absolute Gasteiger partial charge is 0.352 e. The first-order valence-corrected chi connectivity index (χ1v) is 8.61. The van der Waals surface area contributed by atoms with E-state index in [0.717, 1.165) is 23.1 Å². The molecule has 1 heterocycles. The van der Waals surface area contributed by atoms with Gasteiger partial charge in [0.05, 0.1) is 5.56 Å². The minimum absolute atomic E-state index is 0.0417. The average Bonchev–Trinajstić information content (AvgIpc) is 2.59. The van der Waals surface area contributed by atoms with E-state index < -0.39 is 5.92 Å². The summed E-state index contributed by atoms with van der Waals surface area (Å²) in [6, 6.07) is 9.76. The van der Waals surface area contributed by atoms with E-state index in [1.165, 1.54) is 6.20 Å². The van der Waals surface area contributed by atoms with Gasteiger partial charge in [-0.25, -0.2) is 8.78 Å². The van der Waals surface area contributed by atoms with E-state index in [4.69, 9.17) is 0 Å². The smallest absolute Gasteiger partial charge is 0.252 e. The summed E-state index contributed by atoms with van der Waals surface area (Å²) in [6.45, 7) is 2.30. The predicted molar refractivity (Wildman–Crippen MR) is 93.6 cm³/mol. The molecule has 2 aromatic rings. The van der Waals surface area contributed by atoms with Crippen LogP contribution in [0.25, 0.3) is 11.1 Å². The fourth-order valence-electron chi connectivity index (χ4n) is 3.26. The minimum atomic E-state index is -2.60. The fraction of sp³-hybridized carbons (Fsp3) is 0.400. The van der Waals surface area contributed by atoms with Gasteiger partial charge in [-0.1, -0.05) is 29.8 Å². The number of hydrogen-bond acceptors (Lipinski definition) is 2. The number of nitrogens with zero attached hydrogens (tertiary/aromatic N) is 1. The molecule has 25 heavy (non-hydrogen) atoms. The van der Waals surface area contributed by atoms with Crippen molar-refractivity contribution in [3.63, 3.8) is 0 Å². The Morgan fingerprint density at radius 3 is 2.72 bits per heavy atom. The van der Waals surface area contributed by atoms with Gasteiger partial charge in [-0.05, 0) is 37.3 Å². The summed E-state index contributed by atoms with van der Waals surface area (Å²) in [5.41, 5.74) is 3.45. The maximum Gasteiger partial charge on any atom is 0.252 e. The van der Waals surface area contributed by atoms with Gasteiger partial charge in [0.25, 0.3) is 5.91 Å². The molecule has 1 unspecified atom stereocenters. The summed E-state index contributed by atoms with van der Waals surface area (Å²) in [7, 11) is 0. The van der Waals surface area contributed by atoms with E-state index in [1.54, 1.807) is 12.3 Å². The molecule has 1 fully saturated rings. The molecule has 1 aromatic heterocycles. The number of carbonyl (C=O) groups excluding carboxylic acids is 1. The lowest BCUT2D eigenvalue weighted by molar-refractivity contribution is -0.0518. The zero-order valence-corrected chi connectivity index (χ0v) is 14.3. The van der Waals surface area contributed by atoms with Crippen LogP contribution >= 0.6 is 0 Å². The van der Waals surface area contributed by atoms with Gasteiger partial charge in [-0.2, -0.15) is 0 Å². The quantitative estimate of drug-likeness (QED) is 0.880. The normalized spacial score (nSPS) is 19.4. The van der Waals surface area contributed by atoms with Crippen LogP contribution in [0.2, 0.25) is 0 Å². The van der Waals surface area contributed by atoms with Crippen LogP contribution in [0.5, 0.6) is 0 Å². The Labute approximate surface area is 146 Å². The van der Waals surface area contributed by atoms with Gasteiger partial charge in [0.15, 0.2) is 0 Å². The topological polar surface area (TPSA) is 42.0 Å². The van der Waals surface area contributed by atoms with Crippen LogP contribution in [0.4, 0.5) is 8.78 Å². The molecule has 1 N–H and O–H groups in total. The highest BCUT2D eigenvalue weighted by molar-refractivity contribution is 5.95. The Kier molecular flexibility index (Phi) is 5.11. The van der Waals surface area contributed by atoms with Gasteiger partial charge in [-0.15, -0.1) is 0 Å². The van der Waals surface area contributed by atoms with Gasteiger partial charge in [-0.3, -0.25) is 9.78 Å². The van der Waals surface area contributed by atoms with E-state index in [2.05, 4.69) is 10.3 Å². The third-order valence-electron chi connectivity index (χ3n) is 4.68. The van der Waals surface area contributed by atoms with Crippen molar-refractivity contribution in [1.82, 2.24) is 10.3 Å². The Balaban J connectivity index is 1.64. The van der Waals surface area contributed by atoms with E-state index in [9.17, 15) is 13.6 Å². The number of pyridine rings is 1. The highest BCUT2D eigenvalue weighted by atomic mass is 19.3. The first-order chi connectivity index (χ1) is 11.9. The van der Waals surface area contributed by atoms with Crippen LogP contribution in [0.3, 0.4) is 0 Å². The number of aryl methyl sites for hydroxylation is 1. The van der Waals surface area contributed by atoms with Crippen molar-refractivity contribution in [2.24, 2.45) is 5.92 Å². The third kappa shape index (κ3) is 4.62. The second-order valence-electron chi connectivity index (χ2n) is 6.86. The van der Waals surface area contributed by atoms with Crippen LogP contribution in [0, 0.1) is 12.8 Å². The number of rotatable bonds is 4. The molecule has 0 aliphatic heterocycles. The second kappa shape index (κ2) is 7.30. The first kappa shape index (κ1) is 17.5. The number of nitrogens with one attached hydrogen (secondary N) is 1. The number of aromatic nitrogens is 1. The Morgan fingerprint density at radius 1 is 1.24 bits per heavy atom. The van der Waals surface area contributed by atoms with E-state index in [0.29, 0.717) is 12.0 Å². The first-order valence-electron chi connectivity index (χ1n) is 8.61. The molecule has 0 bridgehead atoms. The molecule has 0 spiro atoms. The summed E-state index contributed by atoms with van der Waals surface area (Å²) >= 11 is 0. The van der Waals surface area contributed by atoms with Crippen LogP contribution in [-0.4, -0.2) is 23.4 Å². The zero-order chi connectivity index (χ0) is 17.9. The van der Waals surface area contributed by atoms with Gasteiger partial charge in [0.1, 0.15) is 0 Å². The SMILES string of the molecule is Cc1ccc(-c2cncc(C(=O)NCC3CCCC(F)(F)C3)c2)cc1. The summed E-state index contributed by atoms with van der Waals surface area (Å²) in [4.78, 5) is 16.5. The second-order valence-corrected chi connectivity index (χ2v) is 6.86. The third-order valence-corrected chi connectivity index (χ3v) is 4.68. The minimum Gasteiger partial charge on any atom is -0.352 e.